The molecule has 96 valence electrons. The molecule has 0 heterocycles. The van der Waals surface area contributed by atoms with Crippen LogP contribution in [0.15, 0.2) is 78.9 Å². The fourth-order valence-corrected chi connectivity index (χ4v) is 2.26. The van der Waals surface area contributed by atoms with Crippen LogP contribution in [0.3, 0.4) is 0 Å². The summed E-state index contributed by atoms with van der Waals surface area (Å²) in [6.07, 6.45) is 3.52. The normalized spacial score (nSPS) is 11.0. The van der Waals surface area contributed by atoms with Crippen LogP contribution >= 0.6 is 0 Å². The van der Waals surface area contributed by atoms with Crippen molar-refractivity contribution >= 4 is 22.6 Å². The third-order valence-corrected chi connectivity index (χ3v) is 3.30. The van der Waals surface area contributed by atoms with Gasteiger partial charge in [-0.05, 0) is 22.4 Å². The van der Waals surface area contributed by atoms with Gasteiger partial charge in [-0.3, -0.25) is 4.79 Å². The molecule has 0 unspecified atom stereocenters. The van der Waals surface area contributed by atoms with Crippen molar-refractivity contribution in [2.75, 3.05) is 0 Å². The summed E-state index contributed by atoms with van der Waals surface area (Å²) in [6, 6.07) is 23.6. The van der Waals surface area contributed by atoms with Crippen molar-refractivity contribution in [1.82, 2.24) is 0 Å². The molecule has 0 radical (unpaired) electrons. The van der Waals surface area contributed by atoms with E-state index in [2.05, 4.69) is 18.2 Å². The monoisotopic (exact) mass is 258 g/mol. The Kier molecular flexibility index (Phi) is 3.42. The molecule has 0 saturated heterocycles. The second-order valence-electron chi connectivity index (χ2n) is 4.63. The third kappa shape index (κ3) is 2.52. The highest BCUT2D eigenvalue weighted by Crippen LogP contribution is 2.19. The van der Waals surface area contributed by atoms with Crippen molar-refractivity contribution in [3.8, 4) is 0 Å². The van der Waals surface area contributed by atoms with Crippen LogP contribution in [-0.2, 0) is 0 Å². The fraction of sp³-hybridized carbons (Fsp3) is 0. The predicted octanol–water partition coefficient (Wildman–Crippen LogP) is 4.74. The quantitative estimate of drug-likeness (QED) is 0.490. The Balaban J connectivity index is 1.94. The van der Waals surface area contributed by atoms with Gasteiger partial charge in [0.1, 0.15) is 0 Å². The van der Waals surface area contributed by atoms with E-state index in [0.29, 0.717) is 5.56 Å². The molecule has 1 nitrogen and oxygen atoms in total. The smallest absolute Gasteiger partial charge is 0.185 e. The molecule has 0 N–H and O–H groups in total. The molecule has 1 heteroatoms. The fourth-order valence-electron chi connectivity index (χ4n) is 2.26. The number of ketones is 1. The topological polar surface area (TPSA) is 17.1 Å². The summed E-state index contributed by atoms with van der Waals surface area (Å²) in [5, 5.41) is 2.34. The second-order valence-corrected chi connectivity index (χ2v) is 4.63. The summed E-state index contributed by atoms with van der Waals surface area (Å²) < 4.78 is 0. The standard InChI is InChI=1S/C19H14O/c20-19(17-8-2-1-3-9-17)14-13-16-11-6-10-15-7-4-5-12-18(15)16/h1-14H. The van der Waals surface area contributed by atoms with Crippen LogP contribution in [0, 0.1) is 0 Å². The van der Waals surface area contributed by atoms with E-state index in [-0.39, 0.29) is 5.78 Å². The molecule has 3 rings (SSSR count). The summed E-state index contributed by atoms with van der Waals surface area (Å²) in [4.78, 5) is 12.1. The number of benzene rings is 3. The van der Waals surface area contributed by atoms with Gasteiger partial charge in [-0.15, -0.1) is 0 Å². The van der Waals surface area contributed by atoms with Crippen molar-refractivity contribution in [1.29, 1.82) is 0 Å². The summed E-state index contributed by atoms with van der Waals surface area (Å²) in [7, 11) is 0. The lowest BCUT2D eigenvalue weighted by Crippen LogP contribution is -1.92. The largest absolute Gasteiger partial charge is 0.289 e. The second kappa shape index (κ2) is 5.54. The summed E-state index contributed by atoms with van der Waals surface area (Å²) in [5.74, 6) is 0.0264. The molecule has 3 aromatic rings. The SMILES string of the molecule is O=C(C=Cc1cccc2ccccc12)c1ccccc1. The van der Waals surface area contributed by atoms with Crippen molar-refractivity contribution in [2.45, 2.75) is 0 Å². The van der Waals surface area contributed by atoms with Crippen LogP contribution in [-0.4, -0.2) is 5.78 Å². The van der Waals surface area contributed by atoms with Gasteiger partial charge in [0.05, 0.1) is 0 Å². The highest BCUT2D eigenvalue weighted by atomic mass is 16.1. The van der Waals surface area contributed by atoms with Crippen molar-refractivity contribution < 1.29 is 4.79 Å². The van der Waals surface area contributed by atoms with E-state index in [1.54, 1.807) is 6.08 Å². The Morgan fingerprint density at radius 1 is 0.750 bits per heavy atom. The Labute approximate surface area is 118 Å². The molecule has 0 aliphatic rings. The predicted molar refractivity (Wildman–Crippen MR) is 83.8 cm³/mol. The van der Waals surface area contributed by atoms with Gasteiger partial charge in [0.15, 0.2) is 5.78 Å². The highest BCUT2D eigenvalue weighted by molar-refractivity contribution is 6.07. The van der Waals surface area contributed by atoms with Gasteiger partial charge in [0, 0.05) is 5.56 Å². The molecule has 0 saturated carbocycles. The number of fused-ring (bicyclic) bond motifs is 1. The summed E-state index contributed by atoms with van der Waals surface area (Å²) >= 11 is 0. The van der Waals surface area contributed by atoms with Crippen molar-refractivity contribution in [2.24, 2.45) is 0 Å². The molecule has 0 aliphatic heterocycles. The van der Waals surface area contributed by atoms with E-state index < -0.39 is 0 Å². The molecule has 0 bridgehead atoms. The summed E-state index contributed by atoms with van der Waals surface area (Å²) in [6.45, 7) is 0. The van der Waals surface area contributed by atoms with E-state index in [1.807, 2.05) is 60.7 Å². The van der Waals surface area contributed by atoms with Crippen LogP contribution in [0.2, 0.25) is 0 Å². The minimum atomic E-state index is 0.0264. The van der Waals surface area contributed by atoms with Crippen LogP contribution in [0.5, 0.6) is 0 Å². The number of hydrogen-bond donors (Lipinski definition) is 0. The van der Waals surface area contributed by atoms with Gasteiger partial charge >= 0.3 is 0 Å². The van der Waals surface area contributed by atoms with Gasteiger partial charge in [-0.25, -0.2) is 0 Å². The van der Waals surface area contributed by atoms with Crippen molar-refractivity contribution in [3.63, 3.8) is 0 Å². The zero-order valence-corrected chi connectivity index (χ0v) is 11.0. The first-order chi connectivity index (χ1) is 9.84. The lowest BCUT2D eigenvalue weighted by atomic mass is 10.0. The van der Waals surface area contributed by atoms with Crippen molar-refractivity contribution in [3.05, 3.63) is 90.0 Å². The van der Waals surface area contributed by atoms with Gasteiger partial charge in [0.25, 0.3) is 0 Å². The Morgan fingerprint density at radius 2 is 1.45 bits per heavy atom. The van der Waals surface area contributed by atoms with E-state index >= 15 is 0 Å². The lowest BCUT2D eigenvalue weighted by molar-refractivity contribution is 0.104. The maximum atomic E-state index is 12.1. The Bertz CT molecular complexity index is 765. The minimum Gasteiger partial charge on any atom is -0.289 e. The maximum absolute atomic E-state index is 12.1. The lowest BCUT2D eigenvalue weighted by Gasteiger charge is -2.01. The third-order valence-electron chi connectivity index (χ3n) is 3.30. The zero-order valence-electron chi connectivity index (χ0n) is 11.0. The number of rotatable bonds is 3. The van der Waals surface area contributed by atoms with E-state index in [1.165, 1.54) is 5.39 Å². The molecule has 0 atom stereocenters. The molecule has 0 aliphatic carbocycles. The average Bonchev–Trinajstić information content (AvgIpc) is 2.53. The first kappa shape index (κ1) is 12.4. The summed E-state index contributed by atoms with van der Waals surface area (Å²) in [5.41, 5.74) is 1.77. The molecule has 0 aromatic heterocycles. The van der Waals surface area contributed by atoms with E-state index in [4.69, 9.17) is 0 Å². The van der Waals surface area contributed by atoms with Crippen LogP contribution in [0.4, 0.5) is 0 Å². The number of carbonyl (C=O) groups is 1. The first-order valence-electron chi connectivity index (χ1n) is 6.60. The van der Waals surface area contributed by atoms with Gasteiger partial charge in [-0.2, -0.15) is 0 Å². The van der Waals surface area contributed by atoms with Gasteiger partial charge in [-0.1, -0.05) is 78.9 Å². The first-order valence-corrected chi connectivity index (χ1v) is 6.60. The molecule has 0 spiro atoms. The average molecular weight is 258 g/mol. The molecule has 0 fully saturated rings. The molecular formula is C19H14O. The number of allylic oxidation sites excluding steroid dienone is 1. The minimum absolute atomic E-state index is 0.0264. The van der Waals surface area contributed by atoms with Gasteiger partial charge < -0.3 is 0 Å². The highest BCUT2D eigenvalue weighted by Gasteiger charge is 2.01. The molecular weight excluding hydrogens is 244 g/mol. The molecule has 0 amide bonds. The van der Waals surface area contributed by atoms with Crippen LogP contribution < -0.4 is 0 Å². The zero-order chi connectivity index (χ0) is 13.8. The maximum Gasteiger partial charge on any atom is 0.185 e. The van der Waals surface area contributed by atoms with Crippen LogP contribution in [0.25, 0.3) is 16.8 Å². The number of hydrogen-bond acceptors (Lipinski definition) is 1. The van der Waals surface area contributed by atoms with Crippen LogP contribution in [0.1, 0.15) is 15.9 Å². The molecule has 20 heavy (non-hydrogen) atoms. The Morgan fingerprint density at radius 3 is 2.30 bits per heavy atom. The van der Waals surface area contributed by atoms with E-state index in [0.717, 1.165) is 10.9 Å². The number of carbonyl (C=O) groups excluding carboxylic acids is 1. The molecule has 3 aromatic carbocycles. The Hall–Kier alpha value is -2.67. The van der Waals surface area contributed by atoms with Gasteiger partial charge in [0.2, 0.25) is 0 Å². The van der Waals surface area contributed by atoms with E-state index in [9.17, 15) is 4.79 Å².